The van der Waals surface area contributed by atoms with E-state index in [4.69, 9.17) is 9.97 Å². The molecule has 0 N–H and O–H groups in total. The molecule has 284 valence electrons. The Bertz CT molecular complexity index is 3560. The van der Waals surface area contributed by atoms with E-state index >= 15 is 0 Å². The van der Waals surface area contributed by atoms with E-state index in [-0.39, 0.29) is 0 Å². The minimum Gasteiger partial charge on any atom is -0.309 e. The smallest absolute Gasteiger partial charge is 0.160 e. The maximum Gasteiger partial charge on any atom is 0.160 e. The highest BCUT2D eigenvalue weighted by Gasteiger charge is 2.17. The fourth-order valence-electron chi connectivity index (χ4n) is 9.17. The van der Waals surface area contributed by atoms with Gasteiger partial charge in [-0.3, -0.25) is 0 Å². The van der Waals surface area contributed by atoms with Crippen LogP contribution in [0.2, 0.25) is 0 Å². The molecule has 0 bridgehead atoms. The average molecular weight is 776 g/mol. The van der Waals surface area contributed by atoms with Crippen LogP contribution in [0.15, 0.2) is 224 Å². The highest BCUT2D eigenvalue weighted by atomic mass is 15.0. The lowest BCUT2D eigenvalue weighted by atomic mass is 9.94. The minimum atomic E-state index is 0.713. The number of fused-ring (bicyclic) bond motifs is 7. The van der Waals surface area contributed by atoms with E-state index in [0.29, 0.717) is 5.82 Å². The second-order valence-corrected chi connectivity index (χ2v) is 15.8. The Kier molecular flexibility index (Phi) is 8.17. The van der Waals surface area contributed by atoms with Crippen molar-refractivity contribution in [2.75, 3.05) is 0 Å². The van der Waals surface area contributed by atoms with E-state index in [1.165, 1.54) is 76.4 Å². The topological polar surface area (TPSA) is 30.7 Å². The van der Waals surface area contributed by atoms with E-state index in [9.17, 15) is 0 Å². The van der Waals surface area contributed by atoms with Crippen molar-refractivity contribution < 1.29 is 0 Å². The average Bonchev–Trinajstić information content (AvgIpc) is 3.68. The number of benzene rings is 10. The van der Waals surface area contributed by atoms with Gasteiger partial charge in [-0.05, 0) is 103 Å². The third kappa shape index (κ3) is 6.06. The predicted molar refractivity (Wildman–Crippen MR) is 256 cm³/mol. The Labute approximate surface area is 353 Å². The minimum absolute atomic E-state index is 0.713. The summed E-state index contributed by atoms with van der Waals surface area (Å²) >= 11 is 0. The van der Waals surface area contributed by atoms with Crippen LogP contribution in [0, 0.1) is 0 Å². The van der Waals surface area contributed by atoms with Crippen molar-refractivity contribution in [2.24, 2.45) is 0 Å². The van der Waals surface area contributed by atoms with Crippen molar-refractivity contribution in [3.8, 4) is 61.8 Å². The highest BCUT2D eigenvalue weighted by Crippen LogP contribution is 2.39. The molecule has 2 aromatic heterocycles. The maximum atomic E-state index is 5.08. The zero-order chi connectivity index (χ0) is 40.3. The van der Waals surface area contributed by atoms with Crippen LogP contribution in [0.4, 0.5) is 0 Å². The van der Waals surface area contributed by atoms with Gasteiger partial charge in [0.25, 0.3) is 0 Å². The lowest BCUT2D eigenvalue weighted by molar-refractivity contribution is 1.17. The Morgan fingerprint density at radius 1 is 0.295 bits per heavy atom. The molecule has 0 aliphatic heterocycles. The van der Waals surface area contributed by atoms with Gasteiger partial charge in [-0.25, -0.2) is 9.97 Å². The molecular weight excluding hydrogens is 739 g/mol. The zero-order valence-electron chi connectivity index (χ0n) is 33.2. The second-order valence-electron chi connectivity index (χ2n) is 15.8. The molecule has 0 saturated carbocycles. The van der Waals surface area contributed by atoms with Gasteiger partial charge in [-0.2, -0.15) is 0 Å². The first-order valence-corrected chi connectivity index (χ1v) is 20.8. The zero-order valence-corrected chi connectivity index (χ0v) is 33.2. The van der Waals surface area contributed by atoms with Crippen LogP contribution in [0.25, 0.3) is 116 Å². The molecular formula is C58H37N3. The van der Waals surface area contributed by atoms with E-state index < -0.39 is 0 Å². The molecule has 12 aromatic rings. The third-order valence-corrected chi connectivity index (χ3v) is 12.2. The summed E-state index contributed by atoms with van der Waals surface area (Å²) < 4.78 is 2.39. The molecule has 3 heteroatoms. The summed E-state index contributed by atoms with van der Waals surface area (Å²) in [6, 6.07) is 80.6. The van der Waals surface area contributed by atoms with Gasteiger partial charge < -0.3 is 4.57 Å². The van der Waals surface area contributed by atoms with Gasteiger partial charge >= 0.3 is 0 Å². The lowest BCUT2D eigenvalue weighted by Gasteiger charge is -2.12. The van der Waals surface area contributed by atoms with Crippen LogP contribution < -0.4 is 0 Å². The van der Waals surface area contributed by atoms with Gasteiger partial charge in [0.2, 0.25) is 0 Å². The van der Waals surface area contributed by atoms with E-state index in [0.717, 1.165) is 33.8 Å². The largest absolute Gasteiger partial charge is 0.309 e. The Balaban J connectivity index is 0.911. The molecule has 0 atom stereocenters. The molecule has 0 saturated heterocycles. The van der Waals surface area contributed by atoms with Crippen molar-refractivity contribution in [1.82, 2.24) is 14.5 Å². The molecule has 3 nitrogen and oxygen atoms in total. The quantitative estimate of drug-likeness (QED) is 0.168. The first kappa shape index (κ1) is 34.9. The standard InChI is InChI=1S/C58H37N3/c1-3-13-39(14-4-1)53-37-54(60-58(59-53)41-15-5-2-6-16-41)40-26-30-48(31-27-40)61-55-21-10-9-19-52(55)57-51-32-28-45(36-47(51)29-33-56(57)61)42-22-23-44-35-46(25-24-43(44)34-42)50-20-11-17-38-12-7-8-18-49(38)50/h1-37H. The molecule has 10 aromatic carbocycles. The number of rotatable bonds is 6. The van der Waals surface area contributed by atoms with Gasteiger partial charge in [0.1, 0.15) is 0 Å². The molecule has 0 spiro atoms. The molecule has 2 heterocycles. The van der Waals surface area contributed by atoms with Crippen LogP contribution >= 0.6 is 0 Å². The van der Waals surface area contributed by atoms with Crippen LogP contribution in [-0.4, -0.2) is 14.5 Å². The monoisotopic (exact) mass is 775 g/mol. The first-order valence-electron chi connectivity index (χ1n) is 20.8. The number of hydrogen-bond acceptors (Lipinski definition) is 2. The number of hydrogen-bond donors (Lipinski definition) is 0. The highest BCUT2D eigenvalue weighted by molar-refractivity contribution is 6.21. The SMILES string of the molecule is c1ccc(-c2cc(-c3ccc(-n4c5ccccc5c5c6ccc(-c7ccc8cc(-c9cccc%10ccccc9%10)ccc8c7)cc6ccc54)cc3)nc(-c3ccccc3)n2)cc1. The summed E-state index contributed by atoms with van der Waals surface area (Å²) in [7, 11) is 0. The molecule has 0 aliphatic carbocycles. The number of nitrogens with zero attached hydrogens (tertiary/aromatic N) is 3. The molecule has 0 fully saturated rings. The molecule has 0 amide bonds. The van der Waals surface area contributed by atoms with Gasteiger partial charge in [0.15, 0.2) is 5.82 Å². The van der Waals surface area contributed by atoms with Crippen LogP contribution in [-0.2, 0) is 0 Å². The normalized spacial score (nSPS) is 11.6. The van der Waals surface area contributed by atoms with Gasteiger partial charge in [-0.15, -0.1) is 0 Å². The van der Waals surface area contributed by atoms with Crippen molar-refractivity contribution >= 4 is 54.1 Å². The maximum absolute atomic E-state index is 5.08. The van der Waals surface area contributed by atoms with Gasteiger partial charge in [0, 0.05) is 33.2 Å². The van der Waals surface area contributed by atoms with Crippen LogP contribution in [0.5, 0.6) is 0 Å². The van der Waals surface area contributed by atoms with E-state index in [1.807, 2.05) is 24.3 Å². The Morgan fingerprint density at radius 2 is 0.852 bits per heavy atom. The molecule has 0 aliphatic rings. The molecule has 61 heavy (non-hydrogen) atoms. The third-order valence-electron chi connectivity index (χ3n) is 12.2. The summed E-state index contributed by atoms with van der Waals surface area (Å²) in [6.45, 7) is 0. The number of para-hydroxylation sites is 1. The van der Waals surface area contributed by atoms with Gasteiger partial charge in [0.05, 0.1) is 22.4 Å². The van der Waals surface area contributed by atoms with Crippen molar-refractivity contribution in [2.45, 2.75) is 0 Å². The molecule has 0 unspecified atom stereocenters. The summed E-state index contributed by atoms with van der Waals surface area (Å²) in [6.07, 6.45) is 0. The molecule has 0 radical (unpaired) electrons. The summed E-state index contributed by atoms with van der Waals surface area (Å²) in [5.74, 6) is 0.713. The van der Waals surface area contributed by atoms with E-state index in [2.05, 4.69) is 205 Å². The first-order chi connectivity index (χ1) is 30.2. The molecule has 12 rings (SSSR count). The van der Waals surface area contributed by atoms with Crippen molar-refractivity contribution in [1.29, 1.82) is 0 Å². The lowest BCUT2D eigenvalue weighted by Crippen LogP contribution is -1.97. The van der Waals surface area contributed by atoms with Crippen molar-refractivity contribution in [3.63, 3.8) is 0 Å². The Morgan fingerprint density at radius 3 is 1.62 bits per heavy atom. The summed E-state index contributed by atoms with van der Waals surface area (Å²) in [4.78, 5) is 10.1. The van der Waals surface area contributed by atoms with Crippen LogP contribution in [0.1, 0.15) is 0 Å². The Hall–Kier alpha value is -8.14. The summed E-state index contributed by atoms with van der Waals surface area (Å²) in [5, 5.41) is 9.99. The predicted octanol–water partition coefficient (Wildman–Crippen LogP) is 15.4. The fraction of sp³-hybridized carbons (Fsp3) is 0. The van der Waals surface area contributed by atoms with Gasteiger partial charge in [-0.1, -0.05) is 176 Å². The van der Waals surface area contributed by atoms with E-state index in [1.54, 1.807) is 0 Å². The van der Waals surface area contributed by atoms with Crippen LogP contribution in [0.3, 0.4) is 0 Å². The summed E-state index contributed by atoms with van der Waals surface area (Å²) in [5.41, 5.74) is 13.3. The van der Waals surface area contributed by atoms with Crippen molar-refractivity contribution in [3.05, 3.63) is 224 Å². The second kappa shape index (κ2) is 14.3. The number of aromatic nitrogens is 3. The fourth-order valence-corrected chi connectivity index (χ4v) is 9.17.